The molecule has 0 amide bonds. The van der Waals surface area contributed by atoms with Crippen molar-refractivity contribution in [2.45, 2.75) is 348 Å². The highest BCUT2D eigenvalue weighted by Crippen LogP contribution is 2.18. The van der Waals surface area contributed by atoms with Gasteiger partial charge in [0.1, 0.15) is 13.2 Å². The lowest BCUT2D eigenvalue weighted by molar-refractivity contribution is -0.167. The molecule has 6 heteroatoms. The first kappa shape index (κ1) is 72.1. The molecule has 0 aromatic carbocycles. The Morgan fingerprint density at radius 2 is 0.520 bits per heavy atom. The molecule has 0 fully saturated rings. The molecule has 0 aliphatic heterocycles. The second-order valence-electron chi connectivity index (χ2n) is 22.0. The molecule has 0 aliphatic rings. The predicted octanol–water partition coefficient (Wildman–Crippen LogP) is 22.3. The molecular formula is C69H124O6. The van der Waals surface area contributed by atoms with Crippen LogP contribution in [0.4, 0.5) is 0 Å². The van der Waals surface area contributed by atoms with Gasteiger partial charge in [0.2, 0.25) is 0 Å². The van der Waals surface area contributed by atoms with E-state index >= 15 is 0 Å². The standard InChI is InChI=1S/C69H124O6/c1-4-7-10-13-16-19-22-25-28-30-32-33-34-35-36-37-39-41-44-47-50-53-56-59-62-68(71)74-65-66(64-73-67(70)61-58-55-52-49-46-43-40-27-24-21-18-15-12-9-6-3)75-69(72)63-60-57-54-51-48-45-42-38-31-29-26-23-20-17-14-11-8-5-2/h9,12,18,20-21,23,27,29,31,40,66H,4-8,10-11,13-17,19,22,24-26,28,30,32-39,41-65H2,1-3H3/b12-9-,21-18-,23-20-,31-29-,40-27-. The third-order valence-corrected chi connectivity index (χ3v) is 14.5. The molecule has 0 heterocycles. The molecule has 0 spiro atoms. The van der Waals surface area contributed by atoms with Gasteiger partial charge in [-0.05, 0) is 83.5 Å². The zero-order valence-electron chi connectivity index (χ0n) is 50.1. The molecule has 0 N–H and O–H groups in total. The van der Waals surface area contributed by atoms with Crippen molar-refractivity contribution < 1.29 is 28.6 Å². The highest BCUT2D eigenvalue weighted by Gasteiger charge is 2.19. The van der Waals surface area contributed by atoms with E-state index in [-0.39, 0.29) is 31.1 Å². The molecule has 1 unspecified atom stereocenters. The number of unbranched alkanes of at least 4 members (excludes halogenated alkanes) is 39. The van der Waals surface area contributed by atoms with Gasteiger partial charge in [-0.1, -0.05) is 300 Å². The first-order valence-corrected chi connectivity index (χ1v) is 32.8. The highest BCUT2D eigenvalue weighted by molar-refractivity contribution is 5.71. The summed E-state index contributed by atoms with van der Waals surface area (Å²) in [5, 5.41) is 0. The Labute approximate surface area is 466 Å². The smallest absolute Gasteiger partial charge is 0.306 e. The number of rotatable bonds is 60. The molecular weight excluding hydrogens is 925 g/mol. The van der Waals surface area contributed by atoms with Crippen LogP contribution >= 0.6 is 0 Å². The number of hydrogen-bond donors (Lipinski definition) is 0. The van der Waals surface area contributed by atoms with E-state index in [0.29, 0.717) is 19.3 Å². The quantitative estimate of drug-likeness (QED) is 0.0261. The maximum Gasteiger partial charge on any atom is 0.306 e. The van der Waals surface area contributed by atoms with Crippen LogP contribution in [-0.2, 0) is 28.6 Å². The van der Waals surface area contributed by atoms with Gasteiger partial charge in [0.15, 0.2) is 6.10 Å². The van der Waals surface area contributed by atoms with Crippen molar-refractivity contribution in [2.75, 3.05) is 13.2 Å². The van der Waals surface area contributed by atoms with E-state index in [9.17, 15) is 14.4 Å². The minimum Gasteiger partial charge on any atom is -0.462 e. The fraction of sp³-hybridized carbons (Fsp3) is 0.812. The van der Waals surface area contributed by atoms with E-state index < -0.39 is 6.10 Å². The highest BCUT2D eigenvalue weighted by atomic mass is 16.6. The molecule has 0 aromatic rings. The van der Waals surface area contributed by atoms with Crippen LogP contribution in [0, 0.1) is 0 Å². The van der Waals surface area contributed by atoms with Crippen molar-refractivity contribution in [2.24, 2.45) is 0 Å². The molecule has 0 radical (unpaired) electrons. The second kappa shape index (κ2) is 63.6. The maximum absolute atomic E-state index is 12.9. The first-order chi connectivity index (χ1) is 37.0. The van der Waals surface area contributed by atoms with Gasteiger partial charge in [-0.25, -0.2) is 0 Å². The predicted molar refractivity (Wildman–Crippen MR) is 325 cm³/mol. The van der Waals surface area contributed by atoms with Crippen LogP contribution in [0.5, 0.6) is 0 Å². The van der Waals surface area contributed by atoms with Gasteiger partial charge in [-0.3, -0.25) is 14.4 Å². The lowest BCUT2D eigenvalue weighted by Crippen LogP contribution is -2.30. The summed E-state index contributed by atoms with van der Waals surface area (Å²) in [6, 6.07) is 0. The molecule has 436 valence electrons. The Morgan fingerprint density at radius 3 is 0.827 bits per heavy atom. The molecule has 0 bridgehead atoms. The van der Waals surface area contributed by atoms with Gasteiger partial charge in [0, 0.05) is 19.3 Å². The average molecular weight is 1050 g/mol. The molecule has 6 nitrogen and oxygen atoms in total. The van der Waals surface area contributed by atoms with E-state index in [1.807, 2.05) is 0 Å². The largest absolute Gasteiger partial charge is 0.462 e. The van der Waals surface area contributed by atoms with Gasteiger partial charge in [-0.2, -0.15) is 0 Å². The SMILES string of the molecule is CC/C=C\C/C=C\C/C=C\CCCCCCCC(=O)OCC(COC(=O)CCCCCCCCCCCCCCCCCCCCCCCCCC)OC(=O)CCCCCCCCC/C=C\C/C=C\CCCCCC. The molecule has 1 atom stereocenters. The van der Waals surface area contributed by atoms with Crippen LogP contribution in [0.25, 0.3) is 0 Å². The zero-order valence-corrected chi connectivity index (χ0v) is 50.1. The van der Waals surface area contributed by atoms with Gasteiger partial charge in [0.05, 0.1) is 0 Å². The number of carbonyl (C=O) groups is 3. The van der Waals surface area contributed by atoms with E-state index in [1.54, 1.807) is 0 Å². The number of esters is 3. The maximum atomic E-state index is 12.9. The molecule has 0 saturated carbocycles. The second-order valence-corrected chi connectivity index (χ2v) is 22.0. The minimum atomic E-state index is -0.785. The van der Waals surface area contributed by atoms with Gasteiger partial charge >= 0.3 is 17.9 Å². The number of allylic oxidation sites excluding steroid dienone is 10. The normalized spacial score (nSPS) is 12.4. The summed E-state index contributed by atoms with van der Waals surface area (Å²) in [5.74, 6) is -0.887. The van der Waals surface area contributed by atoms with Gasteiger partial charge in [-0.15, -0.1) is 0 Å². The van der Waals surface area contributed by atoms with E-state index in [0.717, 1.165) is 109 Å². The summed E-state index contributed by atoms with van der Waals surface area (Å²) in [6.45, 7) is 6.54. The zero-order chi connectivity index (χ0) is 54.3. The van der Waals surface area contributed by atoms with Crippen molar-refractivity contribution in [3.05, 3.63) is 60.8 Å². The Morgan fingerprint density at radius 1 is 0.280 bits per heavy atom. The molecule has 0 aliphatic carbocycles. The Balaban J connectivity index is 4.31. The Hall–Kier alpha value is -2.89. The van der Waals surface area contributed by atoms with Crippen molar-refractivity contribution in [1.82, 2.24) is 0 Å². The van der Waals surface area contributed by atoms with Crippen molar-refractivity contribution >= 4 is 17.9 Å². The van der Waals surface area contributed by atoms with Gasteiger partial charge in [0.25, 0.3) is 0 Å². The van der Waals surface area contributed by atoms with Crippen LogP contribution in [0.3, 0.4) is 0 Å². The Kier molecular flexibility index (Phi) is 61.2. The fourth-order valence-corrected chi connectivity index (χ4v) is 9.61. The lowest BCUT2D eigenvalue weighted by atomic mass is 10.0. The van der Waals surface area contributed by atoms with E-state index in [2.05, 4.69) is 81.5 Å². The van der Waals surface area contributed by atoms with Crippen LogP contribution in [0.2, 0.25) is 0 Å². The summed E-state index contributed by atoms with van der Waals surface area (Å²) in [7, 11) is 0. The monoisotopic (exact) mass is 1050 g/mol. The van der Waals surface area contributed by atoms with Crippen LogP contribution < -0.4 is 0 Å². The van der Waals surface area contributed by atoms with E-state index in [4.69, 9.17) is 14.2 Å². The molecule has 0 saturated heterocycles. The van der Waals surface area contributed by atoms with Crippen LogP contribution in [0.1, 0.15) is 342 Å². The molecule has 75 heavy (non-hydrogen) atoms. The summed E-state index contributed by atoms with van der Waals surface area (Å²) in [6.07, 6.45) is 80.9. The number of ether oxygens (including phenoxy) is 3. The van der Waals surface area contributed by atoms with E-state index in [1.165, 1.54) is 193 Å². The first-order valence-electron chi connectivity index (χ1n) is 32.8. The molecule has 0 aromatic heterocycles. The van der Waals surface area contributed by atoms with Gasteiger partial charge < -0.3 is 14.2 Å². The summed E-state index contributed by atoms with van der Waals surface area (Å²) in [4.78, 5) is 38.3. The Bertz CT molecular complexity index is 1340. The summed E-state index contributed by atoms with van der Waals surface area (Å²) < 4.78 is 16.9. The van der Waals surface area contributed by atoms with Crippen LogP contribution in [0.15, 0.2) is 60.8 Å². The van der Waals surface area contributed by atoms with Crippen molar-refractivity contribution in [1.29, 1.82) is 0 Å². The molecule has 0 rings (SSSR count). The van der Waals surface area contributed by atoms with Crippen molar-refractivity contribution in [3.8, 4) is 0 Å². The third-order valence-electron chi connectivity index (χ3n) is 14.5. The number of hydrogen-bond acceptors (Lipinski definition) is 6. The lowest BCUT2D eigenvalue weighted by Gasteiger charge is -2.18. The van der Waals surface area contributed by atoms with Crippen LogP contribution in [-0.4, -0.2) is 37.2 Å². The number of carbonyl (C=O) groups excluding carboxylic acids is 3. The minimum absolute atomic E-state index is 0.0801. The van der Waals surface area contributed by atoms with Crippen molar-refractivity contribution in [3.63, 3.8) is 0 Å². The summed E-state index contributed by atoms with van der Waals surface area (Å²) >= 11 is 0. The average Bonchev–Trinajstić information content (AvgIpc) is 3.41. The summed E-state index contributed by atoms with van der Waals surface area (Å²) in [5.41, 5.74) is 0. The fourth-order valence-electron chi connectivity index (χ4n) is 9.61. The third kappa shape index (κ3) is 61.8. The topological polar surface area (TPSA) is 78.9 Å².